The van der Waals surface area contributed by atoms with E-state index in [9.17, 15) is 5.11 Å². The Hall–Kier alpha value is -0.540. The molecule has 0 saturated heterocycles. The van der Waals surface area contributed by atoms with Crippen LogP contribution in [0.25, 0.3) is 0 Å². The van der Waals surface area contributed by atoms with Gasteiger partial charge < -0.3 is 10.4 Å². The highest BCUT2D eigenvalue weighted by Crippen LogP contribution is 2.30. The van der Waals surface area contributed by atoms with Crippen LogP contribution in [-0.4, -0.2) is 11.1 Å². The van der Waals surface area contributed by atoms with Crippen LogP contribution in [0.5, 0.6) is 5.75 Å². The van der Waals surface area contributed by atoms with Crippen molar-refractivity contribution in [3.05, 3.63) is 28.2 Å². The molecule has 1 saturated carbocycles. The summed E-state index contributed by atoms with van der Waals surface area (Å²) in [5.74, 6) is 1.17. The molecule has 1 aliphatic rings. The summed E-state index contributed by atoms with van der Waals surface area (Å²) in [4.78, 5) is 0. The van der Waals surface area contributed by atoms with Crippen LogP contribution in [0, 0.1) is 5.92 Å². The van der Waals surface area contributed by atoms with Gasteiger partial charge in [-0.1, -0.05) is 22.9 Å². The fourth-order valence-electron chi connectivity index (χ4n) is 1.54. The van der Waals surface area contributed by atoms with E-state index in [2.05, 4.69) is 28.2 Å². The van der Waals surface area contributed by atoms with E-state index in [-0.39, 0.29) is 0 Å². The van der Waals surface area contributed by atoms with E-state index in [4.69, 9.17) is 0 Å². The van der Waals surface area contributed by atoms with Crippen LogP contribution in [-0.2, 0) is 6.54 Å². The van der Waals surface area contributed by atoms with Crippen LogP contribution in [0.3, 0.4) is 0 Å². The zero-order valence-electron chi connectivity index (χ0n) is 8.13. The predicted molar refractivity (Wildman–Crippen MR) is 60.2 cm³/mol. The topological polar surface area (TPSA) is 32.3 Å². The molecule has 0 heterocycles. The van der Waals surface area contributed by atoms with Crippen LogP contribution in [0.4, 0.5) is 0 Å². The number of aromatic hydroxyl groups is 1. The van der Waals surface area contributed by atoms with Crippen molar-refractivity contribution in [1.82, 2.24) is 5.32 Å². The molecule has 0 radical (unpaired) electrons. The van der Waals surface area contributed by atoms with Crippen molar-refractivity contribution < 1.29 is 5.11 Å². The van der Waals surface area contributed by atoms with Crippen molar-refractivity contribution in [2.75, 3.05) is 0 Å². The average molecular weight is 256 g/mol. The molecule has 2 rings (SSSR count). The Morgan fingerprint density at radius 2 is 2.29 bits per heavy atom. The molecule has 0 spiro atoms. The van der Waals surface area contributed by atoms with Gasteiger partial charge in [-0.15, -0.1) is 0 Å². The van der Waals surface area contributed by atoms with Crippen LogP contribution in [0.2, 0.25) is 0 Å². The molecule has 2 nitrogen and oxygen atoms in total. The average Bonchev–Trinajstić information content (AvgIpc) is 2.84. The number of hydrogen-bond donors (Lipinski definition) is 2. The summed E-state index contributed by atoms with van der Waals surface area (Å²) in [7, 11) is 0. The van der Waals surface area contributed by atoms with Gasteiger partial charge in [0.05, 0.1) is 0 Å². The lowest BCUT2D eigenvalue weighted by molar-refractivity contribution is 0.463. The minimum Gasteiger partial charge on any atom is -0.508 e. The summed E-state index contributed by atoms with van der Waals surface area (Å²) in [5, 5.41) is 13.0. The summed E-state index contributed by atoms with van der Waals surface area (Å²) >= 11 is 3.39. The molecule has 0 amide bonds. The Labute approximate surface area is 92.5 Å². The molecule has 1 fully saturated rings. The van der Waals surface area contributed by atoms with Gasteiger partial charge in [-0.3, -0.25) is 0 Å². The fraction of sp³-hybridized carbons (Fsp3) is 0.455. The summed E-state index contributed by atoms with van der Waals surface area (Å²) in [6.45, 7) is 2.98. The first-order valence-corrected chi connectivity index (χ1v) is 5.67. The minimum absolute atomic E-state index is 0.369. The highest BCUT2D eigenvalue weighted by Gasteiger charge is 2.31. The van der Waals surface area contributed by atoms with E-state index < -0.39 is 0 Å². The van der Waals surface area contributed by atoms with Gasteiger partial charge in [0.2, 0.25) is 0 Å². The largest absolute Gasteiger partial charge is 0.508 e. The highest BCUT2D eigenvalue weighted by molar-refractivity contribution is 9.10. The van der Waals surface area contributed by atoms with Gasteiger partial charge in [-0.05, 0) is 30.5 Å². The molecule has 2 atom stereocenters. The first-order valence-electron chi connectivity index (χ1n) is 4.87. The van der Waals surface area contributed by atoms with Gasteiger partial charge in [0.25, 0.3) is 0 Å². The van der Waals surface area contributed by atoms with Crippen molar-refractivity contribution >= 4 is 15.9 Å². The molecule has 0 bridgehead atoms. The maximum absolute atomic E-state index is 9.57. The number of nitrogens with one attached hydrogen (secondary N) is 1. The van der Waals surface area contributed by atoms with E-state index in [0.717, 1.165) is 22.5 Å². The van der Waals surface area contributed by atoms with E-state index in [0.29, 0.717) is 11.8 Å². The van der Waals surface area contributed by atoms with Crippen molar-refractivity contribution in [1.29, 1.82) is 0 Å². The Bertz CT molecular complexity index is 340. The molecule has 0 unspecified atom stereocenters. The second kappa shape index (κ2) is 3.91. The molecule has 3 heteroatoms. The number of benzene rings is 1. The van der Waals surface area contributed by atoms with E-state index in [1.807, 2.05) is 12.1 Å². The van der Waals surface area contributed by atoms with E-state index >= 15 is 0 Å². The number of phenolic OH excluding ortho intramolecular Hbond substituents is 1. The van der Waals surface area contributed by atoms with Crippen molar-refractivity contribution in [3.8, 4) is 5.75 Å². The van der Waals surface area contributed by atoms with Crippen LogP contribution in [0.1, 0.15) is 18.9 Å². The summed E-state index contributed by atoms with van der Waals surface area (Å²) in [6, 6.07) is 6.17. The van der Waals surface area contributed by atoms with Gasteiger partial charge in [-0.25, -0.2) is 0 Å². The normalized spacial score (nSPS) is 25.0. The van der Waals surface area contributed by atoms with Crippen LogP contribution < -0.4 is 5.32 Å². The lowest BCUT2D eigenvalue weighted by atomic mass is 10.2. The first-order chi connectivity index (χ1) is 6.66. The molecule has 14 heavy (non-hydrogen) atoms. The van der Waals surface area contributed by atoms with Crippen LogP contribution in [0.15, 0.2) is 22.7 Å². The molecule has 0 aromatic heterocycles. The monoisotopic (exact) mass is 255 g/mol. The SMILES string of the molecule is C[C@@H]1C[C@H]1NCc1cc(Br)ccc1O. The van der Waals surface area contributed by atoms with Crippen molar-refractivity contribution in [2.45, 2.75) is 25.9 Å². The lowest BCUT2D eigenvalue weighted by Crippen LogP contribution is -2.17. The number of phenols is 1. The second-order valence-corrected chi connectivity index (χ2v) is 4.89. The third-order valence-electron chi connectivity index (χ3n) is 2.71. The van der Waals surface area contributed by atoms with Gasteiger partial charge in [0, 0.05) is 22.6 Å². The zero-order chi connectivity index (χ0) is 10.1. The standard InChI is InChI=1S/C11H14BrNO/c1-7-4-10(7)13-6-8-5-9(12)2-3-11(8)14/h2-3,5,7,10,13-14H,4,6H2,1H3/t7-,10-/m1/s1. The molecule has 2 N–H and O–H groups in total. The highest BCUT2D eigenvalue weighted by atomic mass is 79.9. The smallest absolute Gasteiger partial charge is 0.120 e. The molecular formula is C11H14BrNO. The van der Waals surface area contributed by atoms with E-state index in [1.54, 1.807) is 6.07 Å². The van der Waals surface area contributed by atoms with Gasteiger partial charge in [0.1, 0.15) is 5.75 Å². The molecule has 76 valence electrons. The fourth-order valence-corrected chi connectivity index (χ4v) is 1.95. The Balaban J connectivity index is 1.97. The molecule has 1 aromatic carbocycles. The van der Waals surface area contributed by atoms with Crippen molar-refractivity contribution in [2.24, 2.45) is 5.92 Å². The molecule has 1 aromatic rings. The van der Waals surface area contributed by atoms with Gasteiger partial charge in [-0.2, -0.15) is 0 Å². The third kappa shape index (κ3) is 2.28. The van der Waals surface area contributed by atoms with Gasteiger partial charge in [0.15, 0.2) is 0 Å². The number of hydrogen-bond acceptors (Lipinski definition) is 2. The minimum atomic E-state index is 0.369. The summed E-state index contributed by atoms with van der Waals surface area (Å²) in [5.41, 5.74) is 0.957. The lowest BCUT2D eigenvalue weighted by Gasteiger charge is -2.06. The maximum Gasteiger partial charge on any atom is 0.120 e. The number of rotatable bonds is 3. The van der Waals surface area contributed by atoms with Crippen LogP contribution >= 0.6 is 15.9 Å². The Morgan fingerprint density at radius 3 is 2.93 bits per heavy atom. The zero-order valence-corrected chi connectivity index (χ0v) is 9.71. The molecule has 0 aliphatic heterocycles. The molecular weight excluding hydrogens is 242 g/mol. The molecule has 1 aliphatic carbocycles. The quantitative estimate of drug-likeness (QED) is 0.871. The predicted octanol–water partition coefficient (Wildman–Crippen LogP) is 2.65. The number of halogens is 1. The Kier molecular flexibility index (Phi) is 2.79. The second-order valence-electron chi connectivity index (χ2n) is 3.97. The van der Waals surface area contributed by atoms with Gasteiger partial charge >= 0.3 is 0 Å². The Morgan fingerprint density at radius 1 is 1.57 bits per heavy atom. The first kappa shape index (κ1) is 9.99. The third-order valence-corrected chi connectivity index (χ3v) is 3.20. The summed E-state index contributed by atoms with van der Waals surface area (Å²) < 4.78 is 1.01. The maximum atomic E-state index is 9.57. The van der Waals surface area contributed by atoms with Crippen molar-refractivity contribution in [3.63, 3.8) is 0 Å². The summed E-state index contributed by atoms with van der Waals surface area (Å²) in [6.07, 6.45) is 1.26. The van der Waals surface area contributed by atoms with E-state index in [1.165, 1.54) is 6.42 Å².